The van der Waals surface area contributed by atoms with Crippen molar-refractivity contribution in [2.24, 2.45) is 0 Å². The molecule has 0 radical (unpaired) electrons. The van der Waals surface area contributed by atoms with Crippen molar-refractivity contribution in [3.05, 3.63) is 254 Å². The summed E-state index contributed by atoms with van der Waals surface area (Å²) in [4.78, 5) is 0. The lowest BCUT2D eigenvalue weighted by molar-refractivity contribution is 1.01. The fraction of sp³-hybridized carbons (Fsp3) is 0.0125. The fourth-order valence-corrected chi connectivity index (χ4v) is 20.1. The van der Waals surface area contributed by atoms with E-state index in [0.29, 0.717) is 5.56 Å². The highest BCUT2D eigenvalue weighted by Crippen LogP contribution is 2.52. The Labute approximate surface area is 522 Å². The van der Waals surface area contributed by atoms with E-state index in [1.807, 2.05) is 45.3 Å². The molecule has 8 heterocycles. The molecule has 0 spiro atoms. The molecule has 89 heavy (non-hydrogen) atoms. The van der Waals surface area contributed by atoms with Gasteiger partial charge in [0.05, 0.1) is 66.9 Å². The molecule has 0 saturated carbocycles. The van der Waals surface area contributed by atoms with Crippen LogP contribution in [0.25, 0.3) is 191 Å². The largest absolute Gasteiger partial charge is 0.307 e. The number of para-hydroxylation sites is 4. The summed E-state index contributed by atoms with van der Waals surface area (Å²) in [6, 6.07) is 93.4. The lowest BCUT2D eigenvalue weighted by Gasteiger charge is -2.28. The molecule has 0 amide bonds. The Kier molecular flexibility index (Phi) is 9.58. The predicted octanol–water partition coefficient (Wildman–Crippen LogP) is 23.7. The SMILES string of the molecule is Cc1c(-n2c3cc4sc5ccccc5c4cc3c3cc4c(cc32)sc2ccccc24)c(-n2c3ccccc3c3ccccc32)c(C#N)c(-n2c3ccccc3c3ccccc32)c1-n1c2cc3sc4ccccc4c3cc2c2cc3c(cc21)sc1ccccc13. The van der Waals surface area contributed by atoms with E-state index >= 15 is 0 Å². The molecule has 412 valence electrons. The summed E-state index contributed by atoms with van der Waals surface area (Å²) in [6.07, 6.45) is 0. The molecule has 8 aromatic heterocycles. The van der Waals surface area contributed by atoms with Gasteiger partial charge in [-0.1, -0.05) is 146 Å². The molecule has 21 rings (SSSR count). The number of rotatable bonds is 4. The maximum absolute atomic E-state index is 13.2. The monoisotopic (exact) mass is 1200 g/mol. The van der Waals surface area contributed by atoms with E-state index in [1.165, 1.54) is 102 Å². The van der Waals surface area contributed by atoms with Gasteiger partial charge in [0.2, 0.25) is 0 Å². The average Bonchev–Trinajstić information content (AvgIpc) is 1.58. The summed E-state index contributed by atoms with van der Waals surface area (Å²) >= 11 is 7.41. The molecule has 0 unspecified atom stereocenters. The topological polar surface area (TPSA) is 43.5 Å². The van der Waals surface area contributed by atoms with E-state index in [9.17, 15) is 5.26 Å². The van der Waals surface area contributed by atoms with Crippen LogP contribution in [0.3, 0.4) is 0 Å². The Morgan fingerprint density at radius 2 is 0.472 bits per heavy atom. The van der Waals surface area contributed by atoms with Crippen molar-refractivity contribution in [3.63, 3.8) is 0 Å². The number of hydrogen-bond acceptors (Lipinski definition) is 5. The van der Waals surface area contributed by atoms with Crippen molar-refractivity contribution in [3.8, 4) is 28.8 Å². The van der Waals surface area contributed by atoms with Gasteiger partial charge in [-0.25, -0.2) is 0 Å². The Morgan fingerprint density at radius 1 is 0.236 bits per heavy atom. The normalized spacial score (nSPS) is 12.5. The second-order valence-corrected chi connectivity index (χ2v) is 28.1. The van der Waals surface area contributed by atoms with E-state index in [-0.39, 0.29) is 0 Å². The number of aromatic nitrogens is 4. The molecule has 9 heteroatoms. The van der Waals surface area contributed by atoms with Crippen LogP contribution < -0.4 is 0 Å². The van der Waals surface area contributed by atoms with Crippen LogP contribution in [0, 0.1) is 18.3 Å². The molecule has 0 aliphatic carbocycles. The first kappa shape index (κ1) is 48.5. The molecule has 0 saturated heterocycles. The Bertz CT molecular complexity index is 6070. The molecule has 5 nitrogen and oxygen atoms in total. The van der Waals surface area contributed by atoms with Crippen LogP contribution in [-0.2, 0) is 0 Å². The van der Waals surface area contributed by atoms with Crippen molar-refractivity contribution in [2.75, 3.05) is 0 Å². The summed E-state index contributed by atoms with van der Waals surface area (Å²) in [5.41, 5.74) is 13.6. The maximum atomic E-state index is 13.2. The molecule has 0 aliphatic heterocycles. The van der Waals surface area contributed by atoms with E-state index < -0.39 is 0 Å². The van der Waals surface area contributed by atoms with Gasteiger partial charge < -0.3 is 18.3 Å². The smallest absolute Gasteiger partial charge is 0.104 e. The third-order valence-corrected chi connectivity index (χ3v) is 23.9. The third-order valence-electron chi connectivity index (χ3n) is 19.3. The van der Waals surface area contributed by atoms with E-state index in [1.54, 1.807) is 0 Å². The van der Waals surface area contributed by atoms with Gasteiger partial charge in [-0.05, 0) is 104 Å². The number of fused-ring (bicyclic) bond motifs is 24. The minimum atomic E-state index is 0.570. The van der Waals surface area contributed by atoms with Crippen LogP contribution in [0.4, 0.5) is 0 Å². The first-order chi connectivity index (χ1) is 44.0. The van der Waals surface area contributed by atoms with Gasteiger partial charge in [0, 0.05) is 129 Å². The molecule has 0 atom stereocenters. The summed E-state index contributed by atoms with van der Waals surface area (Å²) in [7, 11) is 0. The summed E-state index contributed by atoms with van der Waals surface area (Å²) in [5, 5.41) is 32.4. The van der Waals surface area contributed by atoms with Crippen LogP contribution in [0.2, 0.25) is 0 Å². The number of benzene rings is 13. The Hall–Kier alpha value is -10.6. The zero-order valence-electron chi connectivity index (χ0n) is 47.5. The average molecular weight is 1200 g/mol. The van der Waals surface area contributed by atoms with Crippen LogP contribution in [0.1, 0.15) is 11.1 Å². The van der Waals surface area contributed by atoms with Gasteiger partial charge in [-0.15, -0.1) is 45.3 Å². The molecule has 0 N–H and O–H groups in total. The van der Waals surface area contributed by atoms with Crippen LogP contribution in [0.5, 0.6) is 0 Å². The molecular formula is C80H43N5S4. The highest BCUT2D eigenvalue weighted by Gasteiger charge is 2.34. The molecule has 0 bridgehead atoms. The zero-order valence-corrected chi connectivity index (χ0v) is 50.7. The van der Waals surface area contributed by atoms with Gasteiger partial charge in [0.15, 0.2) is 0 Å². The number of hydrogen-bond donors (Lipinski definition) is 0. The van der Waals surface area contributed by atoms with Crippen molar-refractivity contribution in [2.45, 2.75) is 6.92 Å². The van der Waals surface area contributed by atoms with Crippen LogP contribution in [-0.4, -0.2) is 18.3 Å². The van der Waals surface area contributed by atoms with Gasteiger partial charge in [-0.2, -0.15) is 5.26 Å². The molecular weight excluding hydrogens is 1160 g/mol. The summed E-state index contributed by atoms with van der Waals surface area (Å²) < 4.78 is 19.9. The van der Waals surface area contributed by atoms with Crippen LogP contribution >= 0.6 is 45.3 Å². The highest BCUT2D eigenvalue weighted by atomic mass is 32.1. The minimum absolute atomic E-state index is 0.570. The molecule has 0 fully saturated rings. The molecule has 21 aromatic rings. The van der Waals surface area contributed by atoms with E-state index in [2.05, 4.69) is 274 Å². The quantitative estimate of drug-likeness (QED) is 0.173. The predicted molar refractivity (Wildman–Crippen MR) is 385 cm³/mol. The maximum Gasteiger partial charge on any atom is 0.104 e. The zero-order chi connectivity index (χ0) is 58.1. The second kappa shape index (κ2) is 17.6. The van der Waals surface area contributed by atoms with Gasteiger partial charge in [0.25, 0.3) is 0 Å². The highest BCUT2D eigenvalue weighted by molar-refractivity contribution is 7.27. The first-order valence-electron chi connectivity index (χ1n) is 30.0. The van der Waals surface area contributed by atoms with Crippen molar-refractivity contribution < 1.29 is 0 Å². The molecule has 0 aliphatic rings. The Balaban J connectivity index is 1.05. The van der Waals surface area contributed by atoms with Gasteiger partial charge in [0.1, 0.15) is 11.6 Å². The standard InChI is InChI=1S/C80H43N5S4/c1-43-77(84-65-38-73-56(48-22-6-14-30-69(48)86-73)34-52(65)53-35-57-49-23-7-15-31-70(49)87-74(57)39-66(53)84)79(82-61-26-10-2-18-44(61)45-19-3-11-27-62(45)82)60(42-81)80(83-63-28-12-4-20-46(63)47-21-5-13-29-64(47)83)78(43)85-67-40-75-58(50-24-8-16-32-71(50)88-75)36-54(67)55-37-59-51-25-9-17-33-72(51)89-76(59)41-68(55)85/h2-41H,1H3. The summed E-state index contributed by atoms with van der Waals surface area (Å²) in [5.74, 6) is 0. The third kappa shape index (κ3) is 6.35. The lowest BCUT2D eigenvalue weighted by Crippen LogP contribution is -2.16. The summed E-state index contributed by atoms with van der Waals surface area (Å²) in [6.45, 7) is 2.36. The minimum Gasteiger partial charge on any atom is -0.307 e. The van der Waals surface area contributed by atoms with E-state index in [4.69, 9.17) is 0 Å². The molecule has 13 aromatic carbocycles. The van der Waals surface area contributed by atoms with Crippen molar-refractivity contribution >= 4 is 213 Å². The van der Waals surface area contributed by atoms with Crippen molar-refractivity contribution in [1.82, 2.24) is 18.3 Å². The van der Waals surface area contributed by atoms with E-state index in [0.717, 1.165) is 94.0 Å². The Morgan fingerprint density at radius 3 is 0.742 bits per heavy atom. The van der Waals surface area contributed by atoms with Crippen molar-refractivity contribution in [1.29, 1.82) is 5.26 Å². The van der Waals surface area contributed by atoms with Gasteiger partial charge >= 0.3 is 0 Å². The lowest BCUT2D eigenvalue weighted by atomic mass is 9.99. The fourth-order valence-electron chi connectivity index (χ4n) is 15.6. The van der Waals surface area contributed by atoms with Crippen LogP contribution in [0.15, 0.2) is 243 Å². The van der Waals surface area contributed by atoms with Gasteiger partial charge in [-0.3, -0.25) is 0 Å². The number of thiophene rings is 4. The number of nitriles is 1. The second-order valence-electron chi connectivity index (χ2n) is 23.8. The first-order valence-corrected chi connectivity index (χ1v) is 33.3. The number of nitrogens with zero attached hydrogens (tertiary/aromatic N) is 5.